The van der Waals surface area contributed by atoms with Crippen molar-refractivity contribution in [2.45, 2.75) is 120 Å². The van der Waals surface area contributed by atoms with Crippen molar-refractivity contribution in [3.8, 4) is 0 Å². The molecule has 1 unspecified atom stereocenters. The Balaban J connectivity index is 0. The number of carbonyl (C=O) groups excluding carboxylic acids is 1. The molecule has 3 N–H and O–H groups in total. The zero-order valence-electron chi connectivity index (χ0n) is 18.4. The molecule has 0 aromatic heterocycles. The van der Waals surface area contributed by atoms with Crippen LogP contribution in [0.4, 0.5) is 0 Å². The fourth-order valence-corrected chi connectivity index (χ4v) is 3.77. The predicted molar refractivity (Wildman–Crippen MR) is 117 cm³/mol. The zero-order chi connectivity index (χ0) is 21.7. The van der Waals surface area contributed by atoms with Crippen LogP contribution in [0.2, 0.25) is 3.67 Å². The van der Waals surface area contributed by atoms with Gasteiger partial charge in [-0.25, -0.2) is 0 Å². The summed E-state index contributed by atoms with van der Waals surface area (Å²) < 4.78 is 33.1. The quantitative estimate of drug-likeness (QED) is 0.165. The molecule has 0 saturated carbocycles. The van der Waals surface area contributed by atoms with E-state index in [9.17, 15) is 4.79 Å². The van der Waals surface area contributed by atoms with Gasteiger partial charge in [0.05, 0.1) is 0 Å². The van der Waals surface area contributed by atoms with Gasteiger partial charge in [-0.2, -0.15) is 8.42 Å². The molecule has 0 bridgehead atoms. The Kier molecular flexibility index (Phi) is 24.0. The van der Waals surface area contributed by atoms with Crippen molar-refractivity contribution in [3.05, 3.63) is 0 Å². The van der Waals surface area contributed by atoms with E-state index < -0.39 is 10.4 Å². The van der Waals surface area contributed by atoms with Crippen LogP contribution in [0, 0.1) is 0 Å². The molecular formula is C20H42NNaO5S. The SMILES string of the molecule is CCCCCCCCC(CCCCCCCC[CH2][Na])NC(C)=O.O=S(=O)(O)O. The van der Waals surface area contributed by atoms with Gasteiger partial charge in [-0.1, -0.05) is 39.0 Å². The molecule has 0 fully saturated rings. The van der Waals surface area contributed by atoms with E-state index in [-0.39, 0.29) is 5.91 Å². The number of unbranched alkanes of at least 4 members (excludes halogenated alkanes) is 11. The molecule has 0 rings (SSSR count). The van der Waals surface area contributed by atoms with Gasteiger partial charge in [0.1, 0.15) is 0 Å². The smallest absolute Gasteiger partial charge is 0.275 e. The topological polar surface area (TPSA) is 104 Å². The van der Waals surface area contributed by atoms with Crippen LogP contribution in [-0.2, 0) is 15.2 Å². The van der Waals surface area contributed by atoms with Gasteiger partial charge in [-0.3, -0.25) is 13.9 Å². The average molecular weight is 432 g/mol. The van der Waals surface area contributed by atoms with Crippen LogP contribution in [0.3, 0.4) is 0 Å². The summed E-state index contributed by atoms with van der Waals surface area (Å²) >= 11 is 1.37. The van der Waals surface area contributed by atoms with Gasteiger partial charge in [0, 0.05) is 6.92 Å². The third-order valence-electron chi connectivity index (χ3n) is 4.72. The normalized spacial score (nSPS) is 12.2. The molecule has 0 aliphatic rings. The van der Waals surface area contributed by atoms with Crippen LogP contribution in [0.15, 0.2) is 0 Å². The minimum Gasteiger partial charge on any atom is -0.275 e. The van der Waals surface area contributed by atoms with E-state index in [1.165, 1.54) is 128 Å². The third-order valence-corrected chi connectivity index (χ3v) is 5.43. The molecule has 1 amide bonds. The van der Waals surface area contributed by atoms with E-state index in [0.29, 0.717) is 6.04 Å². The Labute approximate surface area is 191 Å². The van der Waals surface area contributed by atoms with Crippen molar-refractivity contribution in [2.24, 2.45) is 0 Å². The monoisotopic (exact) mass is 431 g/mol. The van der Waals surface area contributed by atoms with E-state index in [2.05, 4.69) is 12.2 Å². The van der Waals surface area contributed by atoms with Gasteiger partial charge >= 0.3 is 123 Å². The first kappa shape index (κ1) is 30.5. The van der Waals surface area contributed by atoms with Crippen molar-refractivity contribution in [2.75, 3.05) is 0 Å². The molecule has 1 atom stereocenters. The summed E-state index contributed by atoms with van der Waals surface area (Å²) in [5.41, 5.74) is 0. The fourth-order valence-electron chi connectivity index (χ4n) is 3.27. The van der Waals surface area contributed by atoms with Gasteiger partial charge in [0.2, 0.25) is 0 Å². The van der Waals surface area contributed by atoms with Gasteiger partial charge in [0.25, 0.3) is 0 Å². The van der Waals surface area contributed by atoms with Gasteiger partial charge in [-0.15, -0.1) is 0 Å². The molecular weight excluding hydrogens is 389 g/mol. The fraction of sp³-hybridized carbons (Fsp3) is 0.950. The first-order chi connectivity index (χ1) is 13.2. The Morgan fingerprint density at radius 1 is 0.821 bits per heavy atom. The number of nitrogens with one attached hydrogen (secondary N) is 1. The van der Waals surface area contributed by atoms with Crippen LogP contribution in [0.25, 0.3) is 0 Å². The maximum atomic E-state index is 11.4. The van der Waals surface area contributed by atoms with Crippen molar-refractivity contribution in [1.29, 1.82) is 0 Å². The molecule has 0 aliphatic heterocycles. The summed E-state index contributed by atoms with van der Waals surface area (Å²) in [4.78, 5) is 11.4. The third kappa shape index (κ3) is 33.9. The molecule has 28 heavy (non-hydrogen) atoms. The Bertz CT molecular complexity index is 438. The van der Waals surface area contributed by atoms with E-state index in [0.717, 1.165) is 0 Å². The number of amides is 1. The average Bonchev–Trinajstić information content (AvgIpc) is 2.58. The number of carbonyl (C=O) groups is 1. The summed E-state index contributed by atoms with van der Waals surface area (Å²) in [6, 6.07) is 0.420. The summed E-state index contributed by atoms with van der Waals surface area (Å²) in [6.45, 7) is 3.92. The second kappa shape index (κ2) is 22.0. The molecule has 0 spiro atoms. The van der Waals surface area contributed by atoms with E-state index in [1.54, 1.807) is 6.92 Å². The second-order valence-electron chi connectivity index (χ2n) is 7.67. The minimum absolute atomic E-state index is 0.143. The van der Waals surface area contributed by atoms with Crippen molar-refractivity contribution < 1.29 is 22.3 Å². The zero-order valence-corrected chi connectivity index (χ0v) is 21.2. The van der Waals surface area contributed by atoms with Gasteiger partial charge in [-0.05, 0) is 0 Å². The van der Waals surface area contributed by atoms with E-state index in [1.807, 2.05) is 0 Å². The van der Waals surface area contributed by atoms with Crippen molar-refractivity contribution >= 4 is 44.2 Å². The van der Waals surface area contributed by atoms with Crippen LogP contribution in [0.5, 0.6) is 0 Å². The van der Waals surface area contributed by atoms with Crippen LogP contribution < -0.4 is 5.32 Å². The van der Waals surface area contributed by atoms with Crippen molar-refractivity contribution in [3.63, 3.8) is 0 Å². The molecule has 0 aliphatic carbocycles. The first-order valence-corrected chi connectivity index (χ1v) is 14.0. The predicted octanol–water partition coefficient (Wildman–Crippen LogP) is 5.30. The summed E-state index contributed by atoms with van der Waals surface area (Å²) in [7, 11) is -4.67. The maximum absolute atomic E-state index is 11.4. The first-order valence-electron chi connectivity index (χ1n) is 11.2. The number of hydrogen-bond acceptors (Lipinski definition) is 3. The molecule has 0 radical (unpaired) electrons. The second-order valence-corrected chi connectivity index (χ2v) is 9.56. The number of hydrogen-bond donors (Lipinski definition) is 3. The standard InChI is InChI=1S/C20H40NO.Na.H2O4S/c1-4-6-8-10-12-14-16-18-20(21-19(3)22)17-15-13-11-9-7-5-2;;1-5(2,3)4/h20H,1,4-18H2,2-3H3,(H,21,22);;(H2,1,2,3,4). The van der Waals surface area contributed by atoms with E-state index in [4.69, 9.17) is 17.5 Å². The molecule has 0 aromatic carbocycles. The molecule has 0 saturated heterocycles. The Morgan fingerprint density at radius 2 is 1.18 bits per heavy atom. The summed E-state index contributed by atoms with van der Waals surface area (Å²) in [5, 5.41) is 3.17. The van der Waals surface area contributed by atoms with Crippen molar-refractivity contribution in [1.82, 2.24) is 5.32 Å². The molecule has 164 valence electrons. The minimum atomic E-state index is -4.67. The van der Waals surface area contributed by atoms with Gasteiger partial charge in [0.15, 0.2) is 0 Å². The van der Waals surface area contributed by atoms with Crippen LogP contribution in [-0.4, -0.2) is 57.4 Å². The molecule has 0 heterocycles. The Morgan fingerprint density at radius 3 is 1.54 bits per heavy atom. The molecule has 8 heteroatoms. The molecule has 0 aromatic rings. The number of rotatable bonds is 17. The molecule has 6 nitrogen and oxygen atoms in total. The summed E-state index contributed by atoms with van der Waals surface area (Å²) in [5.74, 6) is 0.143. The van der Waals surface area contributed by atoms with E-state index >= 15 is 0 Å². The van der Waals surface area contributed by atoms with Gasteiger partial charge < -0.3 is 0 Å². The summed E-state index contributed by atoms with van der Waals surface area (Å²) in [6.07, 6.45) is 20.1. The Hall–Kier alpha value is 0.340. The van der Waals surface area contributed by atoms with Crippen LogP contribution in [0.1, 0.15) is 110 Å². The van der Waals surface area contributed by atoms with Crippen LogP contribution >= 0.6 is 0 Å².